The van der Waals surface area contributed by atoms with E-state index < -0.39 is 11.7 Å². The van der Waals surface area contributed by atoms with E-state index in [2.05, 4.69) is 15.5 Å². The molecule has 0 radical (unpaired) electrons. The average Bonchev–Trinajstić information content (AvgIpc) is 2.78. The van der Waals surface area contributed by atoms with Gasteiger partial charge in [0, 0.05) is 5.56 Å². The number of carbonyl (C=O) groups is 1. The zero-order valence-electron chi connectivity index (χ0n) is 9.11. The van der Waals surface area contributed by atoms with Crippen molar-refractivity contribution in [1.29, 1.82) is 0 Å². The van der Waals surface area contributed by atoms with Gasteiger partial charge in [0.15, 0.2) is 0 Å². The Morgan fingerprint density at radius 1 is 1.39 bits per heavy atom. The third-order valence-electron chi connectivity index (χ3n) is 2.25. The molecule has 0 fully saturated rings. The number of hydrogen-bond donors (Lipinski definition) is 3. The average molecular weight is 264 g/mol. The summed E-state index contributed by atoms with van der Waals surface area (Å²) in [6.45, 7) is 0. The first-order chi connectivity index (χ1) is 8.58. The van der Waals surface area contributed by atoms with Crippen LogP contribution in [0.2, 0.25) is 0 Å². The number of benzene rings is 1. The number of anilines is 1. The van der Waals surface area contributed by atoms with Crippen molar-refractivity contribution in [2.24, 2.45) is 5.73 Å². The molecule has 0 saturated heterocycles. The number of aromatic nitrogens is 2. The number of H-pyrrole nitrogens is 1. The van der Waals surface area contributed by atoms with E-state index in [1.165, 1.54) is 30.5 Å². The molecule has 0 atom stereocenters. The molecule has 0 bridgehead atoms. The van der Waals surface area contributed by atoms with Gasteiger partial charge >= 0.3 is 0 Å². The van der Waals surface area contributed by atoms with Gasteiger partial charge < -0.3 is 11.1 Å². The number of thiocarbonyl (C=S) groups is 1. The lowest BCUT2D eigenvalue weighted by molar-refractivity contribution is 0.102. The van der Waals surface area contributed by atoms with E-state index in [0.29, 0.717) is 16.9 Å². The first-order valence-corrected chi connectivity index (χ1v) is 5.39. The molecule has 0 unspecified atom stereocenters. The molecular formula is C11H9FN4OS. The Bertz CT molecular complexity index is 593. The molecule has 0 aliphatic rings. The van der Waals surface area contributed by atoms with Crippen LogP contribution in [0.1, 0.15) is 15.9 Å². The van der Waals surface area contributed by atoms with Crippen molar-refractivity contribution in [2.75, 3.05) is 5.32 Å². The molecule has 0 saturated carbocycles. The first kappa shape index (κ1) is 12.2. The van der Waals surface area contributed by atoms with Crippen molar-refractivity contribution in [3.63, 3.8) is 0 Å². The van der Waals surface area contributed by atoms with Gasteiger partial charge in [-0.1, -0.05) is 12.2 Å². The number of amides is 1. The fraction of sp³-hybridized carbons (Fsp3) is 0. The fourth-order valence-electron chi connectivity index (χ4n) is 1.36. The van der Waals surface area contributed by atoms with E-state index in [0.717, 1.165) is 0 Å². The van der Waals surface area contributed by atoms with Crippen LogP contribution in [-0.4, -0.2) is 21.1 Å². The molecule has 92 valence electrons. The largest absolute Gasteiger partial charge is 0.389 e. The summed E-state index contributed by atoms with van der Waals surface area (Å²) in [7, 11) is 0. The Hall–Kier alpha value is -2.28. The number of carbonyl (C=O) groups excluding carboxylic acids is 1. The van der Waals surface area contributed by atoms with Gasteiger partial charge in [-0.05, 0) is 24.3 Å². The van der Waals surface area contributed by atoms with Crippen LogP contribution in [0.4, 0.5) is 10.2 Å². The normalized spacial score (nSPS) is 10.1. The highest BCUT2D eigenvalue weighted by molar-refractivity contribution is 7.80. The second-order valence-corrected chi connectivity index (χ2v) is 3.92. The van der Waals surface area contributed by atoms with Crippen LogP contribution >= 0.6 is 12.2 Å². The lowest BCUT2D eigenvalue weighted by Gasteiger charge is -2.04. The molecule has 1 heterocycles. The van der Waals surface area contributed by atoms with Gasteiger partial charge in [0.05, 0.1) is 11.8 Å². The predicted octanol–water partition coefficient (Wildman–Crippen LogP) is 1.44. The van der Waals surface area contributed by atoms with Gasteiger partial charge in [0.25, 0.3) is 5.91 Å². The van der Waals surface area contributed by atoms with Gasteiger partial charge in [-0.3, -0.25) is 9.89 Å². The highest BCUT2D eigenvalue weighted by Crippen LogP contribution is 2.12. The molecule has 1 aromatic carbocycles. The fourth-order valence-corrected chi connectivity index (χ4v) is 1.51. The minimum Gasteiger partial charge on any atom is -0.389 e. The van der Waals surface area contributed by atoms with Crippen LogP contribution < -0.4 is 11.1 Å². The molecule has 2 rings (SSSR count). The van der Waals surface area contributed by atoms with E-state index in [9.17, 15) is 9.18 Å². The third kappa shape index (κ3) is 2.51. The zero-order chi connectivity index (χ0) is 13.1. The Morgan fingerprint density at radius 3 is 2.67 bits per heavy atom. The van der Waals surface area contributed by atoms with Gasteiger partial charge in [-0.2, -0.15) is 5.10 Å². The first-order valence-electron chi connectivity index (χ1n) is 4.98. The van der Waals surface area contributed by atoms with Crippen molar-refractivity contribution < 1.29 is 9.18 Å². The summed E-state index contributed by atoms with van der Waals surface area (Å²) < 4.78 is 12.7. The number of aromatic amines is 1. The van der Waals surface area contributed by atoms with E-state index >= 15 is 0 Å². The maximum atomic E-state index is 12.7. The summed E-state index contributed by atoms with van der Waals surface area (Å²) in [6.07, 6.45) is 1.42. The van der Waals surface area contributed by atoms with Crippen molar-refractivity contribution in [3.05, 3.63) is 47.4 Å². The number of nitrogens with two attached hydrogens (primary N) is 1. The predicted molar refractivity (Wildman–Crippen MR) is 68.8 cm³/mol. The second kappa shape index (κ2) is 4.92. The van der Waals surface area contributed by atoms with E-state index in [-0.39, 0.29) is 4.99 Å². The lowest BCUT2D eigenvalue weighted by atomic mass is 10.2. The maximum Gasteiger partial charge on any atom is 0.256 e. The van der Waals surface area contributed by atoms with Crippen LogP contribution in [0, 0.1) is 5.82 Å². The Labute approximate surface area is 107 Å². The number of rotatable bonds is 3. The highest BCUT2D eigenvalue weighted by atomic mass is 32.1. The standard InChI is InChI=1S/C11H9FN4OS/c12-7-3-1-6(2-4-7)11(17)15-10-8(9(13)18)5-14-16-10/h1-5H,(H2,13,18)(H2,14,15,16,17). The molecule has 1 aromatic heterocycles. The SMILES string of the molecule is NC(=S)c1cn[nH]c1NC(=O)c1ccc(F)cc1. The molecule has 0 aliphatic carbocycles. The van der Waals surface area contributed by atoms with Crippen LogP contribution in [0.25, 0.3) is 0 Å². The summed E-state index contributed by atoms with van der Waals surface area (Å²) in [5.74, 6) is -0.495. The number of nitrogens with one attached hydrogen (secondary N) is 2. The van der Waals surface area contributed by atoms with Crippen molar-refractivity contribution in [1.82, 2.24) is 10.2 Å². The molecule has 18 heavy (non-hydrogen) atoms. The monoisotopic (exact) mass is 264 g/mol. The van der Waals surface area contributed by atoms with Crippen LogP contribution in [0.15, 0.2) is 30.5 Å². The van der Waals surface area contributed by atoms with Crippen LogP contribution in [-0.2, 0) is 0 Å². The molecule has 2 aromatic rings. The molecule has 0 aliphatic heterocycles. The summed E-state index contributed by atoms with van der Waals surface area (Å²) in [5, 5.41) is 8.87. The minimum atomic E-state index is -0.406. The van der Waals surface area contributed by atoms with E-state index in [1.54, 1.807) is 0 Å². The van der Waals surface area contributed by atoms with Crippen LogP contribution in [0.5, 0.6) is 0 Å². The molecule has 0 spiro atoms. The Morgan fingerprint density at radius 2 is 2.06 bits per heavy atom. The lowest BCUT2D eigenvalue weighted by Crippen LogP contribution is -2.16. The number of hydrogen-bond acceptors (Lipinski definition) is 3. The third-order valence-corrected chi connectivity index (χ3v) is 2.47. The van der Waals surface area contributed by atoms with Gasteiger partial charge in [-0.15, -0.1) is 0 Å². The molecule has 1 amide bonds. The maximum absolute atomic E-state index is 12.7. The van der Waals surface area contributed by atoms with Crippen molar-refractivity contribution >= 4 is 28.9 Å². The van der Waals surface area contributed by atoms with Gasteiger partial charge in [0.1, 0.15) is 16.6 Å². The molecule has 7 heteroatoms. The Kier molecular flexibility index (Phi) is 3.33. The molecule has 5 nitrogen and oxygen atoms in total. The van der Waals surface area contributed by atoms with Gasteiger partial charge in [0.2, 0.25) is 0 Å². The summed E-state index contributed by atoms with van der Waals surface area (Å²) in [6, 6.07) is 5.16. The smallest absolute Gasteiger partial charge is 0.256 e. The van der Waals surface area contributed by atoms with Gasteiger partial charge in [-0.25, -0.2) is 4.39 Å². The Balaban J connectivity index is 2.19. The van der Waals surface area contributed by atoms with Crippen molar-refractivity contribution in [2.45, 2.75) is 0 Å². The van der Waals surface area contributed by atoms with E-state index in [4.69, 9.17) is 18.0 Å². The minimum absolute atomic E-state index is 0.123. The van der Waals surface area contributed by atoms with Crippen LogP contribution in [0.3, 0.4) is 0 Å². The number of halogens is 1. The summed E-state index contributed by atoms with van der Waals surface area (Å²) in [4.78, 5) is 12.0. The summed E-state index contributed by atoms with van der Waals surface area (Å²) in [5.41, 5.74) is 6.23. The number of nitrogens with zero attached hydrogens (tertiary/aromatic N) is 1. The zero-order valence-corrected chi connectivity index (χ0v) is 9.92. The topological polar surface area (TPSA) is 83.8 Å². The van der Waals surface area contributed by atoms with Crippen molar-refractivity contribution in [3.8, 4) is 0 Å². The molecule has 4 N–H and O–H groups in total. The quantitative estimate of drug-likeness (QED) is 0.732. The second-order valence-electron chi connectivity index (χ2n) is 3.48. The van der Waals surface area contributed by atoms with E-state index in [1.807, 2.05) is 0 Å². The molecular weight excluding hydrogens is 255 g/mol. The summed E-state index contributed by atoms with van der Waals surface area (Å²) >= 11 is 4.81. The highest BCUT2D eigenvalue weighted by Gasteiger charge is 2.12.